The minimum Gasteiger partial charge on any atom is -0.344 e. The second-order valence-electron chi connectivity index (χ2n) is 4.38. The molecule has 0 amide bonds. The first-order valence-corrected chi connectivity index (χ1v) is 6.28. The fourth-order valence-corrected chi connectivity index (χ4v) is 2.16. The Hall–Kier alpha value is -1.51. The van der Waals surface area contributed by atoms with Crippen LogP contribution in [0.5, 0.6) is 0 Å². The maximum absolute atomic E-state index is 6.07. The van der Waals surface area contributed by atoms with Crippen LogP contribution < -0.4 is 10.6 Å². The van der Waals surface area contributed by atoms with Crippen LogP contribution in [0.25, 0.3) is 0 Å². The van der Waals surface area contributed by atoms with Gasteiger partial charge >= 0.3 is 0 Å². The predicted octanol–water partition coefficient (Wildman–Crippen LogP) is 3.88. The van der Waals surface area contributed by atoms with Crippen LogP contribution in [-0.4, -0.2) is 7.05 Å². The van der Waals surface area contributed by atoms with Crippen LogP contribution in [0.3, 0.4) is 0 Å². The van der Waals surface area contributed by atoms with Gasteiger partial charge in [-0.25, -0.2) is 0 Å². The Morgan fingerprint density at radius 1 is 1.17 bits per heavy atom. The van der Waals surface area contributed by atoms with E-state index in [1.807, 2.05) is 31.3 Å². The number of benzene rings is 2. The van der Waals surface area contributed by atoms with Crippen molar-refractivity contribution in [1.29, 1.82) is 0 Å². The second kappa shape index (κ2) is 5.42. The van der Waals surface area contributed by atoms with E-state index < -0.39 is 0 Å². The van der Waals surface area contributed by atoms with Crippen LogP contribution in [0, 0.1) is 6.92 Å². The van der Waals surface area contributed by atoms with E-state index >= 15 is 0 Å². The number of aryl methyl sites for hydroxylation is 1. The molecule has 0 fully saturated rings. The molecule has 0 aliphatic carbocycles. The normalized spacial score (nSPS) is 10.4. The Kier molecular flexibility index (Phi) is 3.90. The third kappa shape index (κ3) is 2.66. The van der Waals surface area contributed by atoms with Crippen molar-refractivity contribution >= 4 is 23.0 Å². The minimum absolute atomic E-state index is 0.503. The number of halogens is 1. The van der Waals surface area contributed by atoms with Gasteiger partial charge in [0, 0.05) is 30.0 Å². The Labute approximate surface area is 113 Å². The number of nitrogens with zero attached hydrogens (tertiary/aromatic N) is 1. The molecular weight excluding hydrogens is 244 g/mol. The second-order valence-corrected chi connectivity index (χ2v) is 4.81. The molecule has 18 heavy (non-hydrogen) atoms. The van der Waals surface area contributed by atoms with Gasteiger partial charge in [-0.3, -0.25) is 0 Å². The molecular formula is C15H17ClN2. The predicted molar refractivity (Wildman–Crippen MR) is 78.6 cm³/mol. The molecule has 0 saturated heterocycles. The first-order valence-electron chi connectivity index (χ1n) is 5.90. The van der Waals surface area contributed by atoms with Crippen molar-refractivity contribution < 1.29 is 0 Å². The van der Waals surface area contributed by atoms with Crippen LogP contribution in [-0.2, 0) is 6.54 Å². The molecule has 0 heterocycles. The quantitative estimate of drug-likeness (QED) is 0.908. The van der Waals surface area contributed by atoms with E-state index in [1.54, 1.807) is 0 Å². The average molecular weight is 261 g/mol. The number of nitrogens with two attached hydrogens (primary N) is 1. The lowest BCUT2D eigenvalue weighted by Gasteiger charge is -2.23. The first kappa shape index (κ1) is 12.9. The summed E-state index contributed by atoms with van der Waals surface area (Å²) in [5.41, 5.74) is 10.3. The van der Waals surface area contributed by atoms with Gasteiger partial charge in [0.25, 0.3) is 0 Å². The SMILES string of the molecule is Cc1cccc(N(C)c2cc(Cl)ccc2CN)c1. The third-order valence-corrected chi connectivity index (χ3v) is 3.25. The van der Waals surface area contributed by atoms with Crippen molar-refractivity contribution in [2.75, 3.05) is 11.9 Å². The molecule has 2 aromatic rings. The van der Waals surface area contributed by atoms with E-state index in [0.717, 1.165) is 22.0 Å². The van der Waals surface area contributed by atoms with Crippen molar-refractivity contribution in [3.8, 4) is 0 Å². The third-order valence-electron chi connectivity index (χ3n) is 3.02. The fourth-order valence-electron chi connectivity index (χ4n) is 2.00. The lowest BCUT2D eigenvalue weighted by molar-refractivity contribution is 1.05. The molecule has 0 aliphatic heterocycles. The topological polar surface area (TPSA) is 29.3 Å². The van der Waals surface area contributed by atoms with Crippen molar-refractivity contribution in [1.82, 2.24) is 0 Å². The smallest absolute Gasteiger partial charge is 0.0468 e. The van der Waals surface area contributed by atoms with Crippen molar-refractivity contribution in [3.05, 3.63) is 58.6 Å². The summed E-state index contributed by atoms with van der Waals surface area (Å²) >= 11 is 6.07. The Bertz CT molecular complexity index is 552. The van der Waals surface area contributed by atoms with Gasteiger partial charge in [-0.2, -0.15) is 0 Å². The van der Waals surface area contributed by atoms with Gasteiger partial charge in [-0.05, 0) is 42.3 Å². The summed E-state index contributed by atoms with van der Waals surface area (Å²) < 4.78 is 0. The summed E-state index contributed by atoms with van der Waals surface area (Å²) in [6.07, 6.45) is 0. The molecule has 0 bridgehead atoms. The van der Waals surface area contributed by atoms with Crippen LogP contribution >= 0.6 is 11.6 Å². The summed E-state index contributed by atoms with van der Waals surface area (Å²) in [7, 11) is 2.03. The number of anilines is 2. The summed E-state index contributed by atoms with van der Waals surface area (Å²) in [6, 6.07) is 14.1. The molecule has 0 aromatic heterocycles. The van der Waals surface area contributed by atoms with E-state index in [2.05, 4.69) is 30.0 Å². The molecule has 94 valence electrons. The van der Waals surface area contributed by atoms with Crippen LogP contribution in [0.4, 0.5) is 11.4 Å². The van der Waals surface area contributed by atoms with E-state index in [9.17, 15) is 0 Å². The van der Waals surface area contributed by atoms with Crippen molar-refractivity contribution in [3.63, 3.8) is 0 Å². The van der Waals surface area contributed by atoms with E-state index in [1.165, 1.54) is 5.56 Å². The minimum atomic E-state index is 0.503. The van der Waals surface area contributed by atoms with Gasteiger partial charge in [0.05, 0.1) is 0 Å². The molecule has 0 unspecified atom stereocenters. The summed E-state index contributed by atoms with van der Waals surface area (Å²) in [5, 5.41) is 0.724. The zero-order valence-electron chi connectivity index (χ0n) is 10.7. The average Bonchev–Trinajstić information content (AvgIpc) is 2.38. The molecule has 3 heteroatoms. The molecule has 2 nitrogen and oxygen atoms in total. The zero-order chi connectivity index (χ0) is 13.1. The number of rotatable bonds is 3. The molecule has 0 aliphatic rings. The molecule has 0 spiro atoms. The molecule has 0 radical (unpaired) electrons. The highest BCUT2D eigenvalue weighted by Gasteiger charge is 2.09. The zero-order valence-corrected chi connectivity index (χ0v) is 11.4. The highest BCUT2D eigenvalue weighted by Crippen LogP contribution is 2.29. The Morgan fingerprint density at radius 3 is 2.61 bits per heavy atom. The highest BCUT2D eigenvalue weighted by atomic mass is 35.5. The van der Waals surface area contributed by atoms with E-state index in [4.69, 9.17) is 17.3 Å². The van der Waals surface area contributed by atoms with Crippen LogP contribution in [0.2, 0.25) is 5.02 Å². The molecule has 2 N–H and O–H groups in total. The number of hydrogen-bond donors (Lipinski definition) is 1. The van der Waals surface area contributed by atoms with Crippen LogP contribution in [0.15, 0.2) is 42.5 Å². The van der Waals surface area contributed by atoms with Crippen molar-refractivity contribution in [2.24, 2.45) is 5.73 Å². The van der Waals surface area contributed by atoms with E-state index in [-0.39, 0.29) is 0 Å². The molecule has 0 atom stereocenters. The highest BCUT2D eigenvalue weighted by molar-refractivity contribution is 6.30. The monoisotopic (exact) mass is 260 g/mol. The van der Waals surface area contributed by atoms with Crippen LogP contribution in [0.1, 0.15) is 11.1 Å². The van der Waals surface area contributed by atoms with Crippen molar-refractivity contribution in [2.45, 2.75) is 13.5 Å². The molecule has 2 aromatic carbocycles. The van der Waals surface area contributed by atoms with Gasteiger partial charge in [0.1, 0.15) is 0 Å². The van der Waals surface area contributed by atoms with Gasteiger partial charge in [0.15, 0.2) is 0 Å². The Morgan fingerprint density at radius 2 is 1.94 bits per heavy atom. The van der Waals surface area contributed by atoms with Gasteiger partial charge in [-0.15, -0.1) is 0 Å². The lowest BCUT2D eigenvalue weighted by Crippen LogP contribution is -2.13. The molecule has 2 rings (SSSR count). The first-order chi connectivity index (χ1) is 8.61. The lowest BCUT2D eigenvalue weighted by atomic mass is 10.1. The maximum Gasteiger partial charge on any atom is 0.0468 e. The summed E-state index contributed by atoms with van der Waals surface area (Å²) in [5.74, 6) is 0. The van der Waals surface area contributed by atoms with E-state index in [0.29, 0.717) is 6.54 Å². The number of hydrogen-bond acceptors (Lipinski definition) is 2. The van der Waals surface area contributed by atoms with Gasteiger partial charge < -0.3 is 10.6 Å². The standard InChI is InChI=1S/C15H17ClN2/c1-11-4-3-5-14(8-11)18(2)15-9-13(16)7-6-12(15)10-17/h3-9H,10,17H2,1-2H3. The Balaban J connectivity index is 2.44. The maximum atomic E-state index is 6.07. The summed E-state index contributed by atoms with van der Waals surface area (Å²) in [4.78, 5) is 2.11. The fraction of sp³-hybridized carbons (Fsp3) is 0.200. The molecule has 0 saturated carbocycles. The van der Waals surface area contributed by atoms with Gasteiger partial charge in [0.2, 0.25) is 0 Å². The van der Waals surface area contributed by atoms with Gasteiger partial charge in [-0.1, -0.05) is 29.8 Å². The largest absolute Gasteiger partial charge is 0.344 e. The summed E-state index contributed by atoms with van der Waals surface area (Å²) in [6.45, 7) is 2.59.